The molecule has 3 heterocycles. The smallest absolute Gasteiger partial charge is 0.274 e. The number of nitrogens with one attached hydrogen (secondary N) is 2. The average Bonchev–Trinajstić information content (AvgIpc) is 3.62. The number of fused-ring (bicyclic) bond motifs is 1. The lowest BCUT2D eigenvalue weighted by Gasteiger charge is -2.18. The van der Waals surface area contributed by atoms with Gasteiger partial charge in [-0.2, -0.15) is 0 Å². The highest BCUT2D eigenvalue weighted by atomic mass is 79.9. The molecule has 10 heteroatoms. The number of H-pyrrole nitrogens is 1. The number of hydrogen-bond acceptors (Lipinski definition) is 4. The van der Waals surface area contributed by atoms with Crippen LogP contribution in [-0.4, -0.2) is 57.3 Å². The van der Waals surface area contributed by atoms with E-state index in [1.807, 2.05) is 45.9 Å². The Hall–Kier alpha value is -3.92. The molecule has 0 spiro atoms. The minimum absolute atomic E-state index is 0.125. The molecule has 1 aliphatic rings. The molecule has 2 aromatic carbocycles. The van der Waals surface area contributed by atoms with Crippen LogP contribution in [0, 0.1) is 0 Å². The first-order chi connectivity index (χ1) is 17.9. The quantitative estimate of drug-likeness (QED) is 0.325. The summed E-state index contributed by atoms with van der Waals surface area (Å²) in [5.74, 6) is 0.166. The SMILES string of the molecule is CN(C(=O)c1ccccc1)c1ccc2c(c1)nc(NC(=O)c1cc(Br)c[nH]1)n2CCCN1CCCC1=O. The number of aromatic amines is 1. The molecule has 0 radical (unpaired) electrons. The molecule has 1 saturated heterocycles. The molecule has 0 aliphatic carbocycles. The van der Waals surface area contributed by atoms with E-state index in [2.05, 4.69) is 26.2 Å². The second-order valence-electron chi connectivity index (χ2n) is 9.01. The van der Waals surface area contributed by atoms with Crippen molar-refractivity contribution in [3.8, 4) is 0 Å². The van der Waals surface area contributed by atoms with Crippen LogP contribution in [0.5, 0.6) is 0 Å². The monoisotopic (exact) mass is 562 g/mol. The number of nitrogens with zero attached hydrogens (tertiary/aromatic N) is 4. The summed E-state index contributed by atoms with van der Waals surface area (Å²) in [6.07, 6.45) is 3.93. The first-order valence-corrected chi connectivity index (χ1v) is 13.0. The normalized spacial score (nSPS) is 13.4. The van der Waals surface area contributed by atoms with Crippen molar-refractivity contribution in [2.45, 2.75) is 25.8 Å². The van der Waals surface area contributed by atoms with Crippen molar-refractivity contribution in [2.75, 3.05) is 30.4 Å². The summed E-state index contributed by atoms with van der Waals surface area (Å²) in [6.45, 7) is 2.02. The van der Waals surface area contributed by atoms with Gasteiger partial charge in [-0.05, 0) is 65.2 Å². The fourth-order valence-electron chi connectivity index (χ4n) is 4.57. The number of rotatable bonds is 8. The van der Waals surface area contributed by atoms with E-state index < -0.39 is 0 Å². The van der Waals surface area contributed by atoms with E-state index in [4.69, 9.17) is 4.98 Å². The van der Waals surface area contributed by atoms with Gasteiger partial charge in [0.25, 0.3) is 11.8 Å². The van der Waals surface area contributed by atoms with Crippen LogP contribution < -0.4 is 10.2 Å². The number of hydrogen-bond donors (Lipinski definition) is 2. The van der Waals surface area contributed by atoms with Crippen LogP contribution in [0.1, 0.15) is 40.1 Å². The van der Waals surface area contributed by atoms with Crippen LogP contribution in [0.4, 0.5) is 11.6 Å². The van der Waals surface area contributed by atoms with Crippen molar-refractivity contribution in [2.24, 2.45) is 0 Å². The second-order valence-corrected chi connectivity index (χ2v) is 9.93. The zero-order valence-electron chi connectivity index (χ0n) is 20.4. The number of carbonyl (C=O) groups excluding carboxylic acids is 3. The maximum Gasteiger partial charge on any atom is 0.274 e. The predicted octanol–water partition coefficient (Wildman–Crippen LogP) is 4.67. The molecule has 3 amide bonds. The number of aryl methyl sites for hydroxylation is 1. The number of imidazole rings is 1. The standard InChI is InChI=1S/C27H27BrN6O3/c1-32(26(37)18-7-3-2-4-8-18)20-10-11-23-21(16-20)30-27(31-25(36)22-15-19(28)17-29-22)34(23)14-6-13-33-12-5-9-24(33)35/h2-4,7-8,10-11,15-17,29H,5-6,9,12-14H2,1H3,(H,30,31,36). The highest BCUT2D eigenvalue weighted by molar-refractivity contribution is 9.10. The number of halogens is 1. The molecule has 0 saturated carbocycles. The summed E-state index contributed by atoms with van der Waals surface area (Å²) in [4.78, 5) is 49.0. The molecule has 2 N–H and O–H groups in total. The van der Waals surface area contributed by atoms with Crippen molar-refractivity contribution in [1.82, 2.24) is 19.4 Å². The lowest BCUT2D eigenvalue weighted by atomic mass is 10.2. The van der Waals surface area contributed by atoms with Crippen molar-refractivity contribution in [3.05, 3.63) is 76.5 Å². The largest absolute Gasteiger partial charge is 0.356 e. The second kappa shape index (κ2) is 10.6. The molecule has 2 aromatic heterocycles. The van der Waals surface area contributed by atoms with Gasteiger partial charge < -0.3 is 19.4 Å². The first-order valence-electron chi connectivity index (χ1n) is 12.2. The average molecular weight is 563 g/mol. The summed E-state index contributed by atoms with van der Waals surface area (Å²) in [7, 11) is 1.73. The third-order valence-corrected chi connectivity index (χ3v) is 7.00. The van der Waals surface area contributed by atoms with Gasteiger partial charge >= 0.3 is 0 Å². The number of likely N-dealkylation sites (tertiary alicyclic amines) is 1. The van der Waals surface area contributed by atoms with E-state index in [1.54, 1.807) is 36.3 Å². The summed E-state index contributed by atoms with van der Waals surface area (Å²) in [6, 6.07) is 16.4. The van der Waals surface area contributed by atoms with Crippen molar-refractivity contribution in [3.63, 3.8) is 0 Å². The van der Waals surface area contributed by atoms with Gasteiger partial charge in [0.05, 0.1) is 11.0 Å². The number of benzene rings is 2. The summed E-state index contributed by atoms with van der Waals surface area (Å²) in [5, 5.41) is 2.91. The van der Waals surface area contributed by atoms with Crippen LogP contribution in [0.15, 0.2) is 65.3 Å². The van der Waals surface area contributed by atoms with Gasteiger partial charge in [-0.1, -0.05) is 18.2 Å². The van der Waals surface area contributed by atoms with Crippen LogP contribution in [0.3, 0.4) is 0 Å². The predicted molar refractivity (Wildman–Crippen MR) is 146 cm³/mol. The van der Waals surface area contributed by atoms with Crippen LogP contribution in [-0.2, 0) is 11.3 Å². The Morgan fingerprint density at radius 2 is 1.95 bits per heavy atom. The minimum Gasteiger partial charge on any atom is -0.356 e. The molecule has 0 unspecified atom stereocenters. The lowest BCUT2D eigenvalue weighted by molar-refractivity contribution is -0.127. The van der Waals surface area contributed by atoms with Crippen molar-refractivity contribution >= 4 is 56.3 Å². The Balaban J connectivity index is 1.43. The van der Waals surface area contributed by atoms with E-state index in [0.717, 1.165) is 29.4 Å². The fraction of sp³-hybridized carbons (Fsp3) is 0.259. The number of amides is 3. The Labute approximate surface area is 222 Å². The van der Waals surface area contributed by atoms with Crippen molar-refractivity contribution in [1.29, 1.82) is 0 Å². The Bertz CT molecular complexity index is 1460. The number of aromatic nitrogens is 3. The zero-order chi connectivity index (χ0) is 25.9. The van der Waals surface area contributed by atoms with Gasteiger partial charge in [0.15, 0.2) is 0 Å². The zero-order valence-corrected chi connectivity index (χ0v) is 22.0. The summed E-state index contributed by atoms with van der Waals surface area (Å²) >= 11 is 3.35. The first kappa shape index (κ1) is 24.8. The van der Waals surface area contributed by atoms with E-state index in [1.165, 1.54) is 0 Å². The third kappa shape index (κ3) is 5.29. The Morgan fingerprint density at radius 3 is 2.65 bits per heavy atom. The molecule has 190 valence electrons. The highest BCUT2D eigenvalue weighted by Gasteiger charge is 2.21. The Morgan fingerprint density at radius 1 is 1.14 bits per heavy atom. The molecule has 37 heavy (non-hydrogen) atoms. The van der Waals surface area contributed by atoms with E-state index in [-0.39, 0.29) is 17.7 Å². The van der Waals surface area contributed by atoms with Gasteiger partial charge in [-0.25, -0.2) is 4.98 Å². The fourth-order valence-corrected chi connectivity index (χ4v) is 4.91. The highest BCUT2D eigenvalue weighted by Crippen LogP contribution is 2.27. The molecular weight excluding hydrogens is 536 g/mol. The maximum atomic E-state index is 13.0. The van der Waals surface area contributed by atoms with Gasteiger partial charge in [0, 0.05) is 55.0 Å². The van der Waals surface area contributed by atoms with E-state index in [9.17, 15) is 14.4 Å². The van der Waals surface area contributed by atoms with Crippen molar-refractivity contribution < 1.29 is 14.4 Å². The number of carbonyl (C=O) groups is 3. The van der Waals surface area contributed by atoms with Gasteiger partial charge in [0.1, 0.15) is 5.69 Å². The third-order valence-electron chi connectivity index (χ3n) is 6.54. The molecule has 4 aromatic rings. The van der Waals surface area contributed by atoms with E-state index >= 15 is 0 Å². The van der Waals surface area contributed by atoms with Crippen LogP contribution in [0.2, 0.25) is 0 Å². The number of anilines is 2. The molecule has 1 fully saturated rings. The summed E-state index contributed by atoms with van der Waals surface area (Å²) < 4.78 is 2.73. The molecular formula is C27H27BrN6O3. The van der Waals surface area contributed by atoms with Crippen LogP contribution >= 0.6 is 15.9 Å². The van der Waals surface area contributed by atoms with Gasteiger partial charge in [0.2, 0.25) is 11.9 Å². The minimum atomic E-state index is -0.312. The van der Waals surface area contributed by atoms with E-state index in [0.29, 0.717) is 47.9 Å². The molecule has 0 atom stereocenters. The van der Waals surface area contributed by atoms with Gasteiger partial charge in [-0.15, -0.1) is 0 Å². The Kier molecular flexibility index (Phi) is 7.09. The molecule has 5 rings (SSSR count). The maximum absolute atomic E-state index is 13.0. The van der Waals surface area contributed by atoms with Crippen LogP contribution in [0.25, 0.3) is 11.0 Å². The molecule has 0 bridgehead atoms. The molecule has 9 nitrogen and oxygen atoms in total. The topological polar surface area (TPSA) is 103 Å². The van der Waals surface area contributed by atoms with Gasteiger partial charge in [-0.3, -0.25) is 19.7 Å². The molecule has 1 aliphatic heterocycles. The summed E-state index contributed by atoms with van der Waals surface area (Å²) in [5.41, 5.74) is 3.18. The lowest BCUT2D eigenvalue weighted by Crippen LogP contribution is -2.26.